The number of carbonyl (C=O) groups is 3. The molecule has 0 aromatic heterocycles. The highest BCUT2D eigenvalue weighted by atomic mass is 16.4. The molecule has 2 N–H and O–H groups in total. The summed E-state index contributed by atoms with van der Waals surface area (Å²) in [5.74, 6) is -1.20. The van der Waals surface area contributed by atoms with Crippen LogP contribution in [0, 0.1) is 0 Å². The van der Waals surface area contributed by atoms with Crippen LogP contribution in [-0.2, 0) is 9.59 Å². The molecule has 3 amide bonds. The van der Waals surface area contributed by atoms with Gasteiger partial charge in [-0.1, -0.05) is 6.92 Å². The minimum Gasteiger partial charge on any atom is -0.479 e. The molecule has 1 aliphatic rings. The molecule has 1 unspecified atom stereocenters. The van der Waals surface area contributed by atoms with Gasteiger partial charge in [0, 0.05) is 19.6 Å². The molecule has 0 saturated carbocycles. The van der Waals surface area contributed by atoms with Crippen LogP contribution in [0.3, 0.4) is 0 Å². The zero-order valence-corrected chi connectivity index (χ0v) is 13.0. The summed E-state index contributed by atoms with van der Waals surface area (Å²) in [5, 5.41) is 12.2. The Morgan fingerprint density at radius 1 is 1.29 bits per heavy atom. The monoisotopic (exact) mass is 299 g/mol. The van der Waals surface area contributed by atoms with E-state index in [9.17, 15) is 19.5 Å². The average Bonchev–Trinajstić information content (AvgIpc) is 2.89. The molecule has 1 rings (SSSR count). The van der Waals surface area contributed by atoms with Crippen LogP contribution in [0.25, 0.3) is 0 Å². The highest BCUT2D eigenvalue weighted by Gasteiger charge is 2.49. The molecule has 7 nitrogen and oxygen atoms in total. The van der Waals surface area contributed by atoms with E-state index in [4.69, 9.17) is 0 Å². The SMILES string of the molecule is CCNC(=O)CN(CC)C(=O)N1CCCC1(CC)C(=O)O. The second kappa shape index (κ2) is 7.28. The number of hydrogen-bond donors (Lipinski definition) is 2. The Kier molecular flexibility index (Phi) is 5.99. The van der Waals surface area contributed by atoms with Crippen molar-refractivity contribution < 1.29 is 19.5 Å². The lowest BCUT2D eigenvalue weighted by molar-refractivity contribution is -0.148. The van der Waals surface area contributed by atoms with Crippen LogP contribution in [0.4, 0.5) is 4.79 Å². The lowest BCUT2D eigenvalue weighted by atomic mass is 9.93. The van der Waals surface area contributed by atoms with Gasteiger partial charge in [-0.2, -0.15) is 0 Å². The molecule has 0 radical (unpaired) electrons. The first-order valence-corrected chi connectivity index (χ1v) is 7.49. The van der Waals surface area contributed by atoms with E-state index in [2.05, 4.69) is 5.32 Å². The predicted molar refractivity (Wildman–Crippen MR) is 77.9 cm³/mol. The first-order chi connectivity index (χ1) is 9.92. The van der Waals surface area contributed by atoms with Crippen LogP contribution in [0.5, 0.6) is 0 Å². The van der Waals surface area contributed by atoms with Gasteiger partial charge in [0.05, 0.1) is 0 Å². The number of amides is 3. The summed E-state index contributed by atoms with van der Waals surface area (Å²) in [6, 6.07) is -0.370. The smallest absolute Gasteiger partial charge is 0.329 e. The van der Waals surface area contributed by atoms with Gasteiger partial charge in [0.25, 0.3) is 0 Å². The normalized spacial score (nSPS) is 21.2. The largest absolute Gasteiger partial charge is 0.479 e. The van der Waals surface area contributed by atoms with Crippen LogP contribution >= 0.6 is 0 Å². The number of nitrogens with one attached hydrogen (secondary N) is 1. The maximum absolute atomic E-state index is 12.6. The Labute approximate surface area is 125 Å². The average molecular weight is 299 g/mol. The summed E-state index contributed by atoms with van der Waals surface area (Å²) in [6.45, 7) is 6.61. The Morgan fingerprint density at radius 3 is 2.43 bits per heavy atom. The van der Waals surface area contributed by atoms with Gasteiger partial charge in [-0.15, -0.1) is 0 Å². The van der Waals surface area contributed by atoms with Crippen LogP contribution in [-0.4, -0.2) is 64.5 Å². The Morgan fingerprint density at radius 2 is 1.95 bits per heavy atom. The van der Waals surface area contributed by atoms with Crippen molar-refractivity contribution in [2.24, 2.45) is 0 Å². The van der Waals surface area contributed by atoms with Crippen molar-refractivity contribution in [1.82, 2.24) is 15.1 Å². The molecule has 120 valence electrons. The fourth-order valence-corrected chi connectivity index (χ4v) is 2.81. The first-order valence-electron chi connectivity index (χ1n) is 7.49. The van der Waals surface area contributed by atoms with Gasteiger partial charge >= 0.3 is 12.0 Å². The summed E-state index contributed by atoms with van der Waals surface area (Å²) < 4.78 is 0. The lowest BCUT2D eigenvalue weighted by Crippen LogP contribution is -2.57. The van der Waals surface area contributed by atoms with Gasteiger partial charge in [-0.25, -0.2) is 9.59 Å². The van der Waals surface area contributed by atoms with E-state index >= 15 is 0 Å². The molecule has 0 spiro atoms. The molecule has 1 heterocycles. The number of nitrogens with zero attached hydrogens (tertiary/aromatic N) is 2. The molecule has 1 fully saturated rings. The topological polar surface area (TPSA) is 90.0 Å². The predicted octanol–water partition coefficient (Wildman–Crippen LogP) is 0.894. The van der Waals surface area contributed by atoms with E-state index in [1.807, 2.05) is 6.92 Å². The fraction of sp³-hybridized carbons (Fsp3) is 0.786. The molecule has 0 aromatic rings. The molecule has 1 saturated heterocycles. The second-order valence-electron chi connectivity index (χ2n) is 5.20. The molecule has 7 heteroatoms. The summed E-state index contributed by atoms with van der Waals surface area (Å²) in [5.41, 5.74) is -1.13. The van der Waals surface area contributed by atoms with E-state index in [1.165, 1.54) is 9.80 Å². The zero-order valence-electron chi connectivity index (χ0n) is 13.0. The maximum Gasteiger partial charge on any atom is 0.329 e. The number of hydrogen-bond acceptors (Lipinski definition) is 3. The van der Waals surface area contributed by atoms with Gasteiger partial charge in [-0.05, 0) is 33.1 Å². The number of carboxylic acid groups (broad SMARTS) is 1. The minimum atomic E-state index is -1.13. The summed E-state index contributed by atoms with van der Waals surface area (Å²) in [4.78, 5) is 38.7. The quantitative estimate of drug-likeness (QED) is 0.762. The van der Waals surface area contributed by atoms with Gasteiger partial charge in [0.2, 0.25) is 5.91 Å². The highest BCUT2D eigenvalue weighted by Crippen LogP contribution is 2.33. The highest BCUT2D eigenvalue weighted by molar-refractivity contribution is 5.89. The molecule has 1 atom stereocenters. The lowest BCUT2D eigenvalue weighted by Gasteiger charge is -2.37. The van der Waals surface area contributed by atoms with E-state index < -0.39 is 11.5 Å². The summed E-state index contributed by atoms with van der Waals surface area (Å²) in [6.07, 6.45) is 1.50. The third-order valence-corrected chi connectivity index (χ3v) is 4.06. The summed E-state index contributed by atoms with van der Waals surface area (Å²) in [7, 11) is 0. The maximum atomic E-state index is 12.6. The number of rotatable bonds is 6. The number of urea groups is 1. The molecule has 21 heavy (non-hydrogen) atoms. The number of aliphatic carboxylic acids is 1. The van der Waals surface area contributed by atoms with E-state index in [1.54, 1.807) is 13.8 Å². The van der Waals surface area contributed by atoms with Crippen LogP contribution in [0.1, 0.15) is 40.0 Å². The van der Waals surface area contributed by atoms with Crippen molar-refractivity contribution in [3.05, 3.63) is 0 Å². The number of carboxylic acids is 1. The van der Waals surface area contributed by atoms with E-state index in [-0.39, 0.29) is 18.5 Å². The third kappa shape index (κ3) is 3.46. The van der Waals surface area contributed by atoms with Gasteiger partial charge < -0.3 is 20.2 Å². The molecule has 0 bridgehead atoms. The molecule has 0 aromatic carbocycles. The number of likely N-dealkylation sites (tertiary alicyclic amines) is 1. The Bertz CT molecular complexity index is 413. The van der Waals surface area contributed by atoms with Crippen molar-refractivity contribution in [3.63, 3.8) is 0 Å². The molecular weight excluding hydrogens is 274 g/mol. The van der Waals surface area contributed by atoms with Crippen LogP contribution < -0.4 is 5.32 Å². The van der Waals surface area contributed by atoms with Crippen molar-refractivity contribution in [1.29, 1.82) is 0 Å². The second-order valence-corrected chi connectivity index (χ2v) is 5.20. The van der Waals surface area contributed by atoms with Gasteiger partial charge in [-0.3, -0.25) is 4.79 Å². The van der Waals surface area contributed by atoms with Crippen molar-refractivity contribution >= 4 is 17.9 Å². The fourth-order valence-electron chi connectivity index (χ4n) is 2.81. The van der Waals surface area contributed by atoms with E-state index in [0.29, 0.717) is 38.9 Å². The number of likely N-dealkylation sites (N-methyl/N-ethyl adjacent to an activating group) is 2. The molecule has 0 aliphatic carbocycles. The van der Waals surface area contributed by atoms with Crippen molar-refractivity contribution in [2.45, 2.75) is 45.6 Å². The van der Waals surface area contributed by atoms with Crippen LogP contribution in [0.2, 0.25) is 0 Å². The van der Waals surface area contributed by atoms with Gasteiger partial charge in [0.15, 0.2) is 0 Å². The summed E-state index contributed by atoms with van der Waals surface area (Å²) >= 11 is 0. The standard InChI is InChI=1S/C14H25N3O4/c1-4-14(12(19)20)8-7-9-17(14)13(21)16(6-3)10-11(18)15-5-2/h4-10H2,1-3H3,(H,15,18)(H,19,20). The first kappa shape index (κ1) is 17.3. The van der Waals surface area contributed by atoms with E-state index in [0.717, 1.165) is 0 Å². The third-order valence-electron chi connectivity index (χ3n) is 4.06. The minimum absolute atomic E-state index is 0.0426. The van der Waals surface area contributed by atoms with Crippen molar-refractivity contribution in [2.75, 3.05) is 26.2 Å². The molecule has 1 aliphatic heterocycles. The van der Waals surface area contributed by atoms with Crippen LogP contribution in [0.15, 0.2) is 0 Å². The number of carbonyl (C=O) groups excluding carboxylic acids is 2. The Balaban J connectivity index is 2.88. The van der Waals surface area contributed by atoms with Gasteiger partial charge in [0.1, 0.15) is 12.1 Å². The van der Waals surface area contributed by atoms with Crippen molar-refractivity contribution in [3.8, 4) is 0 Å². The molecular formula is C14H25N3O4. The Hall–Kier alpha value is -1.79. The zero-order chi connectivity index (χ0) is 16.0.